The summed E-state index contributed by atoms with van der Waals surface area (Å²) in [6, 6.07) is 11.7. The molecule has 0 unspecified atom stereocenters. The number of aromatic nitrogens is 3. The molecule has 7 heteroatoms. The summed E-state index contributed by atoms with van der Waals surface area (Å²) in [5.41, 5.74) is 1.25. The van der Waals surface area contributed by atoms with E-state index >= 15 is 0 Å². The van der Waals surface area contributed by atoms with Crippen LogP contribution in [-0.4, -0.2) is 33.0 Å². The van der Waals surface area contributed by atoms with E-state index in [1.54, 1.807) is 31.8 Å². The zero-order valence-corrected chi connectivity index (χ0v) is 14.3. The molecule has 0 saturated carbocycles. The molecule has 1 amide bonds. The van der Waals surface area contributed by atoms with Crippen molar-refractivity contribution in [3.05, 3.63) is 58.0 Å². The van der Waals surface area contributed by atoms with E-state index in [0.29, 0.717) is 28.8 Å². The number of thioether (sulfide) groups is 1. The highest BCUT2D eigenvalue weighted by Crippen LogP contribution is 2.17. The Kier molecular flexibility index (Phi) is 4.71. The molecule has 0 aliphatic carbocycles. The van der Waals surface area contributed by atoms with Gasteiger partial charge in [-0.2, -0.15) is 0 Å². The predicted octanol–water partition coefficient (Wildman–Crippen LogP) is 2.09. The maximum atomic E-state index is 12.5. The zero-order chi connectivity index (χ0) is 17.1. The highest BCUT2D eigenvalue weighted by molar-refractivity contribution is 7.99. The van der Waals surface area contributed by atoms with Gasteiger partial charge in [0.25, 0.3) is 11.5 Å². The minimum atomic E-state index is -0.302. The van der Waals surface area contributed by atoms with Gasteiger partial charge in [-0.05, 0) is 25.1 Å². The normalized spacial score (nSPS) is 10.9. The number of aryl methyl sites for hydroxylation is 2. The maximum absolute atomic E-state index is 12.5. The van der Waals surface area contributed by atoms with Gasteiger partial charge in [-0.3, -0.25) is 19.4 Å². The number of H-pyrrole nitrogens is 1. The Morgan fingerprint density at radius 3 is 2.83 bits per heavy atom. The lowest BCUT2D eigenvalue weighted by atomic mass is 10.1. The number of aromatic amines is 1. The third kappa shape index (κ3) is 3.35. The number of hydrogen-bond donors (Lipinski definition) is 2. The smallest absolute Gasteiger partial charge is 0.274 e. The molecule has 3 rings (SSSR count). The Balaban J connectivity index is 1.71. The number of pyridine rings is 1. The average Bonchev–Trinajstić information content (AvgIpc) is 2.86. The van der Waals surface area contributed by atoms with Crippen LogP contribution < -0.4 is 10.9 Å². The molecule has 0 atom stereocenters. The molecule has 0 aliphatic rings. The van der Waals surface area contributed by atoms with Crippen molar-refractivity contribution in [2.24, 2.45) is 7.05 Å². The second-order valence-corrected chi connectivity index (χ2v) is 6.60. The van der Waals surface area contributed by atoms with Crippen LogP contribution in [0.3, 0.4) is 0 Å². The van der Waals surface area contributed by atoms with Gasteiger partial charge in [0.1, 0.15) is 0 Å². The molecule has 0 bridgehead atoms. The quantitative estimate of drug-likeness (QED) is 0.550. The van der Waals surface area contributed by atoms with Crippen molar-refractivity contribution in [1.29, 1.82) is 0 Å². The van der Waals surface area contributed by atoms with E-state index in [1.807, 2.05) is 30.3 Å². The molecular weight excluding hydrogens is 324 g/mol. The van der Waals surface area contributed by atoms with Crippen LogP contribution >= 0.6 is 11.8 Å². The molecule has 24 heavy (non-hydrogen) atoms. The lowest BCUT2D eigenvalue weighted by Crippen LogP contribution is -2.27. The minimum Gasteiger partial charge on any atom is -0.351 e. The van der Waals surface area contributed by atoms with Crippen molar-refractivity contribution in [1.82, 2.24) is 20.1 Å². The van der Waals surface area contributed by atoms with Gasteiger partial charge < -0.3 is 5.32 Å². The molecular formula is C17H18N4O2S. The first kappa shape index (κ1) is 16.3. The van der Waals surface area contributed by atoms with Crippen molar-refractivity contribution in [2.75, 3.05) is 12.3 Å². The Morgan fingerprint density at radius 2 is 2.08 bits per heavy atom. The van der Waals surface area contributed by atoms with Gasteiger partial charge >= 0.3 is 0 Å². The number of nitrogens with one attached hydrogen (secondary N) is 2. The summed E-state index contributed by atoms with van der Waals surface area (Å²) < 4.78 is 1.53. The summed E-state index contributed by atoms with van der Waals surface area (Å²) in [5.74, 6) is 0.504. The number of hydrogen-bond acceptors (Lipinski definition) is 4. The fraction of sp³-hybridized carbons (Fsp3) is 0.235. The first-order chi connectivity index (χ1) is 11.6. The van der Waals surface area contributed by atoms with Gasteiger partial charge in [-0.15, -0.1) is 11.8 Å². The van der Waals surface area contributed by atoms with Crippen LogP contribution in [0.1, 0.15) is 16.1 Å². The van der Waals surface area contributed by atoms with Crippen LogP contribution in [0.2, 0.25) is 0 Å². The van der Waals surface area contributed by atoms with E-state index in [0.717, 1.165) is 10.6 Å². The first-order valence-corrected chi connectivity index (χ1v) is 8.57. The van der Waals surface area contributed by atoms with E-state index in [9.17, 15) is 9.59 Å². The van der Waals surface area contributed by atoms with E-state index in [2.05, 4.69) is 15.4 Å². The molecule has 3 aromatic rings. The van der Waals surface area contributed by atoms with E-state index in [1.165, 1.54) is 4.68 Å². The lowest BCUT2D eigenvalue weighted by Gasteiger charge is -2.07. The van der Waals surface area contributed by atoms with Gasteiger partial charge in [0.05, 0.1) is 10.9 Å². The van der Waals surface area contributed by atoms with Gasteiger partial charge in [0, 0.05) is 29.9 Å². The second-order valence-electron chi connectivity index (χ2n) is 5.43. The zero-order valence-electron chi connectivity index (χ0n) is 13.5. The maximum Gasteiger partial charge on any atom is 0.274 e. The largest absolute Gasteiger partial charge is 0.351 e. The number of benzene rings is 1. The topological polar surface area (TPSA) is 79.8 Å². The fourth-order valence-electron chi connectivity index (χ4n) is 2.51. The van der Waals surface area contributed by atoms with Crippen LogP contribution in [-0.2, 0) is 7.05 Å². The van der Waals surface area contributed by atoms with Crippen molar-refractivity contribution in [3.8, 4) is 0 Å². The third-order valence-corrected chi connectivity index (χ3v) is 4.60. The summed E-state index contributed by atoms with van der Waals surface area (Å²) in [7, 11) is 1.70. The number of nitrogens with zero attached hydrogens (tertiary/aromatic N) is 2. The van der Waals surface area contributed by atoms with Crippen LogP contribution in [0.15, 0.2) is 46.1 Å². The van der Waals surface area contributed by atoms with E-state index in [-0.39, 0.29) is 11.5 Å². The van der Waals surface area contributed by atoms with Gasteiger partial charge in [-0.25, -0.2) is 4.98 Å². The van der Waals surface area contributed by atoms with Crippen LogP contribution in [0.25, 0.3) is 11.0 Å². The molecule has 0 radical (unpaired) electrons. The summed E-state index contributed by atoms with van der Waals surface area (Å²) >= 11 is 1.67. The molecule has 124 valence electrons. The molecule has 2 N–H and O–H groups in total. The van der Waals surface area contributed by atoms with Gasteiger partial charge in [-0.1, -0.05) is 18.2 Å². The average molecular weight is 342 g/mol. The predicted molar refractivity (Wildman–Crippen MR) is 95.6 cm³/mol. The highest BCUT2D eigenvalue weighted by atomic mass is 32.2. The number of carbonyl (C=O) groups excluding carboxylic acids is 1. The summed E-state index contributed by atoms with van der Waals surface area (Å²) in [5, 5.41) is 5.85. The fourth-order valence-corrected chi connectivity index (χ4v) is 3.30. The van der Waals surface area contributed by atoms with Gasteiger partial charge in [0.2, 0.25) is 0 Å². The Morgan fingerprint density at radius 1 is 1.33 bits per heavy atom. The number of rotatable bonds is 5. The van der Waals surface area contributed by atoms with Crippen LogP contribution in [0.5, 0.6) is 0 Å². The van der Waals surface area contributed by atoms with Crippen molar-refractivity contribution in [3.63, 3.8) is 0 Å². The SMILES string of the molecule is Cc1cc(C(=O)NCCSc2ccccc2)c2c(=O)[nH]n(C)c2n1. The van der Waals surface area contributed by atoms with Crippen LogP contribution in [0, 0.1) is 6.92 Å². The summed E-state index contributed by atoms with van der Waals surface area (Å²) in [6.07, 6.45) is 0. The van der Waals surface area contributed by atoms with Crippen LogP contribution in [0.4, 0.5) is 0 Å². The number of carbonyl (C=O) groups is 1. The molecule has 0 spiro atoms. The molecule has 2 heterocycles. The minimum absolute atomic E-state index is 0.254. The third-order valence-electron chi connectivity index (χ3n) is 3.59. The molecule has 0 aliphatic heterocycles. The number of fused-ring (bicyclic) bond motifs is 1. The molecule has 1 aromatic carbocycles. The standard InChI is InChI=1S/C17H18N4O2S/c1-11-10-13(14-15(19-11)21(2)20-17(14)23)16(22)18-8-9-24-12-6-4-3-5-7-12/h3-7,10H,8-9H2,1-2H3,(H,18,22)(H,20,23). The highest BCUT2D eigenvalue weighted by Gasteiger charge is 2.17. The second kappa shape index (κ2) is 6.92. The van der Waals surface area contributed by atoms with Gasteiger partial charge in [0.15, 0.2) is 5.65 Å². The molecule has 2 aromatic heterocycles. The Hall–Kier alpha value is -2.54. The van der Waals surface area contributed by atoms with Crippen molar-refractivity contribution < 1.29 is 4.79 Å². The van der Waals surface area contributed by atoms with Crippen molar-refractivity contribution in [2.45, 2.75) is 11.8 Å². The molecule has 6 nitrogen and oxygen atoms in total. The summed E-state index contributed by atoms with van der Waals surface area (Å²) in [4.78, 5) is 30.0. The van der Waals surface area contributed by atoms with E-state index < -0.39 is 0 Å². The summed E-state index contributed by atoms with van der Waals surface area (Å²) in [6.45, 7) is 2.32. The number of amides is 1. The van der Waals surface area contributed by atoms with E-state index in [4.69, 9.17) is 0 Å². The molecule has 0 saturated heterocycles. The first-order valence-electron chi connectivity index (χ1n) is 7.58. The monoisotopic (exact) mass is 342 g/mol. The van der Waals surface area contributed by atoms with Crippen molar-refractivity contribution >= 4 is 28.7 Å². The lowest BCUT2D eigenvalue weighted by molar-refractivity contribution is 0.0957. The Bertz CT molecular complexity index is 931. The molecule has 0 fully saturated rings. The Labute approximate surface area is 143 Å².